The second-order valence-electron chi connectivity index (χ2n) is 5.54. The molecule has 17 heavy (non-hydrogen) atoms. The van der Waals surface area contributed by atoms with Gasteiger partial charge < -0.3 is 10.6 Å². The summed E-state index contributed by atoms with van der Waals surface area (Å²) < 4.78 is 0. The van der Waals surface area contributed by atoms with Gasteiger partial charge in [-0.05, 0) is 37.3 Å². The van der Waals surface area contributed by atoms with Crippen molar-refractivity contribution in [2.24, 2.45) is 5.73 Å². The van der Waals surface area contributed by atoms with E-state index in [1.54, 1.807) is 0 Å². The number of hydrogen-bond acceptors (Lipinski definition) is 2. The number of anilines is 1. The first-order chi connectivity index (χ1) is 8.09. The molecule has 1 aromatic rings. The van der Waals surface area contributed by atoms with Crippen LogP contribution in [0, 0.1) is 0 Å². The molecule has 1 fully saturated rings. The van der Waals surface area contributed by atoms with E-state index >= 15 is 0 Å². The van der Waals surface area contributed by atoms with E-state index < -0.39 is 0 Å². The highest BCUT2D eigenvalue weighted by atomic mass is 15.2. The summed E-state index contributed by atoms with van der Waals surface area (Å²) in [5.41, 5.74) is 8.89. The molecular weight excluding hydrogens is 208 g/mol. The summed E-state index contributed by atoms with van der Waals surface area (Å²) in [7, 11) is 0. The molecule has 1 heterocycles. The highest BCUT2D eigenvalue weighted by Crippen LogP contribution is 2.31. The molecule has 2 N–H and O–H groups in total. The molecule has 2 unspecified atom stereocenters. The van der Waals surface area contributed by atoms with Crippen LogP contribution in [0.5, 0.6) is 0 Å². The van der Waals surface area contributed by atoms with Crippen LogP contribution in [0.3, 0.4) is 0 Å². The fourth-order valence-corrected chi connectivity index (χ4v) is 2.80. The fraction of sp³-hybridized carbons (Fsp3) is 0.600. The van der Waals surface area contributed by atoms with Crippen LogP contribution in [-0.2, 0) is 0 Å². The topological polar surface area (TPSA) is 29.3 Å². The van der Waals surface area contributed by atoms with E-state index in [0.717, 1.165) is 19.4 Å². The number of rotatable bonds is 2. The van der Waals surface area contributed by atoms with Crippen LogP contribution in [0.1, 0.15) is 45.1 Å². The second kappa shape index (κ2) is 5.09. The SMILES string of the molecule is CC(C)c1ccccc1N1CCC(N)CC1C. The van der Waals surface area contributed by atoms with Gasteiger partial charge in [-0.3, -0.25) is 0 Å². The van der Waals surface area contributed by atoms with Gasteiger partial charge in [0, 0.05) is 24.3 Å². The molecule has 0 radical (unpaired) electrons. The molecule has 0 aromatic heterocycles. The molecule has 94 valence electrons. The summed E-state index contributed by atoms with van der Waals surface area (Å²) in [6, 6.07) is 9.72. The third-order valence-electron chi connectivity index (χ3n) is 3.78. The Bertz CT molecular complexity index is 373. The van der Waals surface area contributed by atoms with Crippen molar-refractivity contribution in [2.45, 2.75) is 51.6 Å². The first-order valence-electron chi connectivity index (χ1n) is 6.70. The lowest BCUT2D eigenvalue weighted by atomic mass is 9.94. The molecule has 2 heteroatoms. The molecule has 2 nitrogen and oxygen atoms in total. The van der Waals surface area contributed by atoms with Gasteiger partial charge in [0.2, 0.25) is 0 Å². The maximum absolute atomic E-state index is 6.04. The summed E-state index contributed by atoms with van der Waals surface area (Å²) in [5.74, 6) is 0.578. The van der Waals surface area contributed by atoms with E-state index in [1.807, 2.05) is 0 Å². The smallest absolute Gasteiger partial charge is 0.0403 e. The standard InChI is InChI=1S/C15H24N2/c1-11(2)14-6-4-5-7-15(14)17-9-8-13(16)10-12(17)3/h4-7,11-13H,8-10,16H2,1-3H3. The predicted molar refractivity (Wildman–Crippen MR) is 74.5 cm³/mol. The average molecular weight is 232 g/mol. The Morgan fingerprint density at radius 1 is 1.29 bits per heavy atom. The Balaban J connectivity index is 2.27. The number of piperidine rings is 1. The molecule has 0 amide bonds. The zero-order valence-electron chi connectivity index (χ0n) is 11.2. The number of nitrogens with zero attached hydrogens (tertiary/aromatic N) is 1. The average Bonchev–Trinajstić information content (AvgIpc) is 2.29. The Morgan fingerprint density at radius 3 is 2.65 bits per heavy atom. The Kier molecular flexibility index (Phi) is 3.72. The van der Waals surface area contributed by atoms with Crippen molar-refractivity contribution in [1.29, 1.82) is 0 Å². The molecule has 0 bridgehead atoms. The van der Waals surface area contributed by atoms with E-state index in [-0.39, 0.29) is 0 Å². The molecule has 0 aliphatic carbocycles. The van der Waals surface area contributed by atoms with Crippen LogP contribution >= 0.6 is 0 Å². The van der Waals surface area contributed by atoms with E-state index in [9.17, 15) is 0 Å². The quantitative estimate of drug-likeness (QED) is 0.849. The van der Waals surface area contributed by atoms with E-state index in [0.29, 0.717) is 18.0 Å². The van der Waals surface area contributed by atoms with Crippen molar-refractivity contribution in [1.82, 2.24) is 0 Å². The minimum Gasteiger partial charge on any atom is -0.368 e. The summed E-state index contributed by atoms with van der Waals surface area (Å²) in [5, 5.41) is 0. The molecule has 1 aliphatic heterocycles. The van der Waals surface area contributed by atoms with Crippen molar-refractivity contribution in [2.75, 3.05) is 11.4 Å². The van der Waals surface area contributed by atoms with Gasteiger partial charge in [0.05, 0.1) is 0 Å². The maximum Gasteiger partial charge on any atom is 0.0403 e. The summed E-state index contributed by atoms with van der Waals surface area (Å²) in [6.07, 6.45) is 2.21. The normalized spacial score (nSPS) is 25.4. The fourth-order valence-electron chi connectivity index (χ4n) is 2.80. The van der Waals surface area contributed by atoms with Crippen LogP contribution in [0.25, 0.3) is 0 Å². The Hall–Kier alpha value is -1.02. The number of hydrogen-bond donors (Lipinski definition) is 1. The maximum atomic E-state index is 6.04. The first kappa shape index (κ1) is 12.4. The van der Waals surface area contributed by atoms with Crippen molar-refractivity contribution < 1.29 is 0 Å². The Morgan fingerprint density at radius 2 is 2.00 bits per heavy atom. The van der Waals surface area contributed by atoms with Crippen molar-refractivity contribution in [3.8, 4) is 0 Å². The van der Waals surface area contributed by atoms with E-state index in [1.165, 1.54) is 11.3 Å². The van der Waals surface area contributed by atoms with Gasteiger partial charge >= 0.3 is 0 Å². The van der Waals surface area contributed by atoms with Crippen LogP contribution < -0.4 is 10.6 Å². The predicted octanol–water partition coefficient (Wildman–Crippen LogP) is 3.13. The van der Waals surface area contributed by atoms with Crippen LogP contribution in [0.15, 0.2) is 24.3 Å². The number of para-hydroxylation sites is 1. The van der Waals surface area contributed by atoms with Crippen LogP contribution in [0.2, 0.25) is 0 Å². The minimum absolute atomic E-state index is 0.382. The molecule has 1 aromatic carbocycles. The van der Waals surface area contributed by atoms with Crippen molar-refractivity contribution in [3.63, 3.8) is 0 Å². The highest BCUT2D eigenvalue weighted by molar-refractivity contribution is 5.56. The zero-order valence-corrected chi connectivity index (χ0v) is 11.2. The third-order valence-corrected chi connectivity index (χ3v) is 3.78. The molecule has 1 saturated heterocycles. The van der Waals surface area contributed by atoms with Gasteiger partial charge in [-0.15, -0.1) is 0 Å². The van der Waals surface area contributed by atoms with Gasteiger partial charge in [0.25, 0.3) is 0 Å². The number of benzene rings is 1. The lowest BCUT2D eigenvalue weighted by molar-refractivity contribution is 0.428. The summed E-state index contributed by atoms with van der Waals surface area (Å²) >= 11 is 0. The summed E-state index contributed by atoms with van der Waals surface area (Å²) in [4.78, 5) is 2.53. The number of nitrogens with two attached hydrogens (primary N) is 1. The molecule has 2 rings (SSSR count). The molecule has 1 aliphatic rings. The minimum atomic E-state index is 0.382. The van der Waals surface area contributed by atoms with Gasteiger partial charge in [0.1, 0.15) is 0 Å². The van der Waals surface area contributed by atoms with Gasteiger partial charge in [-0.2, -0.15) is 0 Å². The van der Waals surface area contributed by atoms with Gasteiger partial charge in [-0.25, -0.2) is 0 Å². The van der Waals surface area contributed by atoms with Crippen LogP contribution in [0.4, 0.5) is 5.69 Å². The largest absolute Gasteiger partial charge is 0.368 e. The lowest BCUT2D eigenvalue weighted by Crippen LogP contribution is -2.46. The van der Waals surface area contributed by atoms with Crippen LogP contribution in [-0.4, -0.2) is 18.6 Å². The van der Waals surface area contributed by atoms with Gasteiger partial charge in [-0.1, -0.05) is 32.0 Å². The third kappa shape index (κ3) is 2.63. The zero-order chi connectivity index (χ0) is 12.4. The molecule has 2 atom stereocenters. The summed E-state index contributed by atoms with van der Waals surface area (Å²) in [6.45, 7) is 7.90. The lowest BCUT2D eigenvalue weighted by Gasteiger charge is -2.39. The monoisotopic (exact) mass is 232 g/mol. The van der Waals surface area contributed by atoms with E-state index in [2.05, 4.69) is 49.9 Å². The van der Waals surface area contributed by atoms with Crippen molar-refractivity contribution >= 4 is 5.69 Å². The van der Waals surface area contributed by atoms with E-state index in [4.69, 9.17) is 5.73 Å². The molecule has 0 saturated carbocycles. The molecule has 0 spiro atoms. The second-order valence-corrected chi connectivity index (χ2v) is 5.54. The van der Waals surface area contributed by atoms with Crippen molar-refractivity contribution in [3.05, 3.63) is 29.8 Å². The highest BCUT2D eigenvalue weighted by Gasteiger charge is 2.25. The molecular formula is C15H24N2. The Labute approximate surface area is 105 Å². The first-order valence-corrected chi connectivity index (χ1v) is 6.70. The van der Waals surface area contributed by atoms with Gasteiger partial charge in [0.15, 0.2) is 0 Å².